The van der Waals surface area contributed by atoms with E-state index in [1.807, 2.05) is 63.0 Å². The molecule has 0 amide bonds. The maximum atomic E-state index is 13.5. The minimum Gasteiger partial charge on any atom is -0.312 e. The molecular formula is C42H62N2O3S. The molecule has 3 unspecified atom stereocenters. The second kappa shape index (κ2) is 31.0. The van der Waals surface area contributed by atoms with Gasteiger partial charge in [-0.25, -0.2) is 0 Å². The number of hydrogen-bond donors (Lipinski definition) is 2. The van der Waals surface area contributed by atoms with Gasteiger partial charge in [0.15, 0.2) is 0 Å². The molecule has 0 spiro atoms. The summed E-state index contributed by atoms with van der Waals surface area (Å²) in [6.07, 6.45) is 39.4. The molecule has 48 heavy (non-hydrogen) atoms. The Bertz CT molecular complexity index is 1190. The zero-order chi connectivity index (χ0) is 35.8. The maximum Gasteiger partial charge on any atom is 0.106 e. The Labute approximate surface area is 296 Å². The first-order chi connectivity index (χ1) is 23.5. The van der Waals surface area contributed by atoms with Crippen LogP contribution in [0.3, 0.4) is 0 Å². The fraction of sp³-hybridized carbons (Fsp3) is 0.524. The van der Waals surface area contributed by atoms with E-state index in [1.165, 1.54) is 44.1 Å². The summed E-state index contributed by atoms with van der Waals surface area (Å²) in [5.41, 5.74) is 2.55. The van der Waals surface area contributed by atoms with E-state index >= 15 is 0 Å². The number of nitrogens with one attached hydrogen (secondary N) is 2. The highest BCUT2D eigenvalue weighted by Crippen LogP contribution is 2.23. The highest BCUT2D eigenvalue weighted by Gasteiger charge is 2.21. The molecule has 5 nitrogen and oxygen atoms in total. The zero-order valence-electron chi connectivity index (χ0n) is 30.0. The van der Waals surface area contributed by atoms with Gasteiger partial charge in [0, 0.05) is 42.1 Å². The van der Waals surface area contributed by atoms with Gasteiger partial charge in [0.2, 0.25) is 0 Å². The van der Waals surface area contributed by atoms with Crippen LogP contribution < -0.4 is 10.6 Å². The summed E-state index contributed by atoms with van der Waals surface area (Å²) in [6, 6.07) is 8.72. The molecule has 2 rings (SSSR count). The minimum atomic E-state index is -1.07. The summed E-state index contributed by atoms with van der Waals surface area (Å²) in [6.45, 7) is 12.2. The van der Waals surface area contributed by atoms with E-state index in [9.17, 15) is 4.21 Å². The van der Waals surface area contributed by atoms with Crippen LogP contribution >= 0.6 is 0 Å². The quantitative estimate of drug-likeness (QED) is 0.0691. The van der Waals surface area contributed by atoms with Crippen LogP contribution in [-0.4, -0.2) is 48.7 Å². The zero-order valence-corrected chi connectivity index (χ0v) is 30.8. The molecule has 0 aromatic heterocycles. The molecular weight excluding hydrogens is 613 g/mol. The van der Waals surface area contributed by atoms with E-state index in [0.717, 1.165) is 55.7 Å². The standard InChI is InChI=1S/C40H58N2OS.2CH2O/c1-6-10-13-14-19-25-40(34(5)21-12-8-3)42-32-38(20-9-4)41-31-37(30-36-23-17-15-18-24-36)33-44(43)39-28-26-35(27-29-39)22-16-11-7-2;2*1-2/h3-4,7,11,15-17,22-23,26-29,34,37-38,40-42H,6,10,12-14,18-21,24-25,30-33H2,1-2,5H3;2*1H2/b11-7-,22-16-;;/t34?,37?,38-,40-,44?;;/m0../s1. The van der Waals surface area contributed by atoms with E-state index in [2.05, 4.69) is 60.6 Å². The van der Waals surface area contributed by atoms with E-state index in [1.54, 1.807) is 0 Å². The lowest BCUT2D eigenvalue weighted by atomic mass is 9.91. The second-order valence-corrected chi connectivity index (χ2v) is 13.8. The molecule has 0 bridgehead atoms. The molecule has 1 aromatic carbocycles. The van der Waals surface area contributed by atoms with Crippen molar-refractivity contribution in [2.45, 2.75) is 115 Å². The largest absolute Gasteiger partial charge is 0.312 e. The Balaban J connectivity index is 0.00000531. The van der Waals surface area contributed by atoms with Crippen LogP contribution in [0.4, 0.5) is 0 Å². The van der Waals surface area contributed by atoms with Crippen molar-refractivity contribution in [3.63, 3.8) is 0 Å². The highest BCUT2D eigenvalue weighted by molar-refractivity contribution is 7.85. The third-order valence-electron chi connectivity index (χ3n) is 8.51. The van der Waals surface area contributed by atoms with Gasteiger partial charge in [-0.2, -0.15) is 0 Å². The topological polar surface area (TPSA) is 75.3 Å². The third kappa shape index (κ3) is 20.8. The van der Waals surface area contributed by atoms with E-state index < -0.39 is 10.8 Å². The Morgan fingerprint density at radius 3 is 2.31 bits per heavy atom. The molecule has 5 atom stereocenters. The molecule has 0 aliphatic heterocycles. The first kappa shape index (κ1) is 44.7. The van der Waals surface area contributed by atoms with Crippen LogP contribution in [0, 0.1) is 36.5 Å². The van der Waals surface area contributed by atoms with Crippen molar-refractivity contribution < 1.29 is 13.8 Å². The van der Waals surface area contributed by atoms with Gasteiger partial charge in [0.25, 0.3) is 0 Å². The van der Waals surface area contributed by atoms with Crippen molar-refractivity contribution in [1.82, 2.24) is 10.6 Å². The molecule has 1 aliphatic carbocycles. The first-order valence-electron chi connectivity index (χ1n) is 17.5. The Hall–Kier alpha value is -3.29. The number of rotatable bonds is 23. The van der Waals surface area contributed by atoms with Gasteiger partial charge < -0.3 is 20.2 Å². The third-order valence-corrected chi connectivity index (χ3v) is 10.1. The van der Waals surface area contributed by atoms with E-state index in [4.69, 9.17) is 22.4 Å². The molecule has 6 heteroatoms. The van der Waals surface area contributed by atoms with Crippen molar-refractivity contribution in [1.29, 1.82) is 0 Å². The molecule has 2 N–H and O–H groups in total. The number of allylic oxidation sites excluding steroid dienone is 7. The highest BCUT2D eigenvalue weighted by atomic mass is 32.2. The van der Waals surface area contributed by atoms with E-state index in [-0.39, 0.29) is 12.0 Å². The Kier molecular flexibility index (Phi) is 28.9. The predicted molar refractivity (Wildman–Crippen MR) is 208 cm³/mol. The predicted octanol–water partition coefficient (Wildman–Crippen LogP) is 8.65. The molecule has 0 saturated heterocycles. The summed E-state index contributed by atoms with van der Waals surface area (Å²) in [5, 5.41) is 7.68. The van der Waals surface area contributed by atoms with Gasteiger partial charge in [-0.05, 0) is 75.1 Å². The average molecular weight is 675 g/mol. The smallest absolute Gasteiger partial charge is 0.106 e. The maximum absolute atomic E-state index is 13.5. The average Bonchev–Trinajstić information content (AvgIpc) is 3.13. The fourth-order valence-corrected chi connectivity index (χ4v) is 7.05. The van der Waals surface area contributed by atoms with Crippen LogP contribution in [0.1, 0.15) is 103 Å². The summed E-state index contributed by atoms with van der Waals surface area (Å²) < 4.78 is 13.5. The Morgan fingerprint density at radius 1 is 0.958 bits per heavy atom. The molecule has 0 radical (unpaired) electrons. The molecule has 0 heterocycles. The molecule has 264 valence electrons. The second-order valence-electron chi connectivity index (χ2n) is 12.3. The number of terminal acetylenes is 2. The summed E-state index contributed by atoms with van der Waals surface area (Å²) in [4.78, 5) is 16.9. The summed E-state index contributed by atoms with van der Waals surface area (Å²) in [7, 11) is -1.07. The van der Waals surface area contributed by atoms with Crippen molar-refractivity contribution in [3.05, 3.63) is 71.9 Å². The minimum absolute atomic E-state index is 0.168. The Morgan fingerprint density at radius 2 is 1.69 bits per heavy atom. The number of carbonyl (C=O) groups is 2. The lowest BCUT2D eigenvalue weighted by Crippen LogP contribution is -2.46. The summed E-state index contributed by atoms with van der Waals surface area (Å²) >= 11 is 0. The van der Waals surface area contributed by atoms with Gasteiger partial charge in [-0.1, -0.05) is 106 Å². The van der Waals surface area contributed by atoms with Gasteiger partial charge in [0.05, 0.1) is 10.8 Å². The molecule has 0 fully saturated rings. The SMILES string of the molecule is C#CCCC(C)[C@H](CCCCCCC)NC[C@H](CC#C)NCC(CC1=CC=CCC1)CS(=O)c1ccc(/C=C\C=C/C)cc1.C=O.C=O. The van der Waals surface area contributed by atoms with Crippen molar-refractivity contribution in [2.24, 2.45) is 11.8 Å². The van der Waals surface area contributed by atoms with Crippen LogP contribution in [0.25, 0.3) is 6.08 Å². The van der Waals surface area contributed by atoms with Gasteiger partial charge in [-0.3, -0.25) is 4.21 Å². The molecule has 1 aromatic rings. The molecule has 1 aliphatic rings. The van der Waals surface area contributed by atoms with Gasteiger partial charge in [0.1, 0.15) is 13.6 Å². The van der Waals surface area contributed by atoms with Crippen molar-refractivity contribution >= 4 is 30.5 Å². The van der Waals surface area contributed by atoms with Crippen molar-refractivity contribution in [3.8, 4) is 24.7 Å². The number of carbonyl (C=O) groups excluding carboxylic acids is 2. The number of benzene rings is 1. The van der Waals surface area contributed by atoms with Gasteiger partial charge >= 0.3 is 0 Å². The first-order valence-corrected chi connectivity index (χ1v) is 18.9. The number of unbranched alkanes of at least 4 members (excludes halogenated alkanes) is 4. The van der Waals surface area contributed by atoms with Gasteiger partial charge in [-0.15, -0.1) is 24.7 Å². The van der Waals surface area contributed by atoms with Crippen LogP contribution in [0.5, 0.6) is 0 Å². The monoisotopic (exact) mass is 674 g/mol. The van der Waals surface area contributed by atoms with Crippen LogP contribution in [0.15, 0.2) is 71.2 Å². The number of hydrogen-bond acceptors (Lipinski definition) is 5. The lowest BCUT2D eigenvalue weighted by molar-refractivity contribution is -0.0987. The lowest BCUT2D eigenvalue weighted by Gasteiger charge is -2.29. The van der Waals surface area contributed by atoms with Crippen LogP contribution in [-0.2, 0) is 20.4 Å². The van der Waals surface area contributed by atoms with Crippen LogP contribution in [0.2, 0.25) is 0 Å². The summed E-state index contributed by atoms with van der Waals surface area (Å²) in [5.74, 6) is 7.13. The van der Waals surface area contributed by atoms with Crippen molar-refractivity contribution in [2.75, 3.05) is 18.8 Å². The van der Waals surface area contributed by atoms with E-state index in [0.29, 0.717) is 24.1 Å². The normalized spacial score (nSPS) is 15.5. The molecule has 0 saturated carbocycles. The fourth-order valence-electron chi connectivity index (χ4n) is 5.76.